The molecule has 0 radical (unpaired) electrons. The number of nitrogens with one attached hydrogen (secondary N) is 2. The molecule has 3 N–H and O–H groups in total. The molecule has 0 atom stereocenters. The Labute approximate surface area is 226 Å². The lowest BCUT2D eigenvalue weighted by Crippen LogP contribution is -2.47. The minimum Gasteiger partial charge on any atom is -0.480 e. The van der Waals surface area contributed by atoms with Gasteiger partial charge in [0, 0.05) is 63.8 Å². The molecule has 1 aromatic heterocycles. The van der Waals surface area contributed by atoms with Crippen LogP contribution in [0.3, 0.4) is 0 Å². The molecule has 1 fully saturated rings. The Bertz CT molecular complexity index is 1090. The number of carbonyl (C=O) groups is 1. The van der Waals surface area contributed by atoms with Crippen molar-refractivity contribution in [2.45, 2.75) is 19.4 Å². The molecular formula is C29H41N7O2. The van der Waals surface area contributed by atoms with E-state index in [1.807, 2.05) is 42.4 Å². The molecule has 0 saturated carbocycles. The Morgan fingerprint density at radius 2 is 1.95 bits per heavy atom. The molecular weight excluding hydrogens is 478 g/mol. The third-order valence-corrected chi connectivity index (χ3v) is 6.50. The maximum Gasteiger partial charge on any atom is 0.317 e. The van der Waals surface area contributed by atoms with Gasteiger partial charge in [0.25, 0.3) is 0 Å². The molecule has 0 spiro atoms. The van der Waals surface area contributed by atoms with Crippen LogP contribution in [0.1, 0.15) is 24.0 Å². The van der Waals surface area contributed by atoms with Crippen molar-refractivity contribution in [3.8, 4) is 0 Å². The number of carboxylic acids is 1. The van der Waals surface area contributed by atoms with Crippen molar-refractivity contribution in [2.24, 2.45) is 4.99 Å². The predicted octanol–water partition coefficient (Wildman–Crippen LogP) is 3.28. The molecule has 1 aliphatic rings. The first-order valence-corrected chi connectivity index (χ1v) is 13.1. The molecule has 0 aliphatic carbocycles. The fourth-order valence-electron chi connectivity index (χ4n) is 4.40. The molecule has 0 bridgehead atoms. The average molecular weight is 520 g/mol. The highest BCUT2D eigenvalue weighted by molar-refractivity contribution is 6.08. The Kier molecular flexibility index (Phi) is 11.5. The number of rotatable bonds is 15. The standard InChI is InChI=1S/C29H41N7O2/c1-5-27(25-11-12-28(31-20-25)34(4)14-7-6-13-30-3)33-23(2)32-26-10-8-9-24(19-26)21-35-15-17-36(18-16-35)22-29(37)38/h5,8-12,19-20,30,32H,1-2,6-7,13-18,21-22H2,3-4H3,(H,37,38). The Hall–Kier alpha value is -3.53. The van der Waals surface area contributed by atoms with E-state index in [4.69, 9.17) is 5.11 Å². The summed E-state index contributed by atoms with van der Waals surface area (Å²) in [5.74, 6) is 0.677. The molecule has 2 aromatic rings. The molecule has 3 rings (SSSR count). The summed E-state index contributed by atoms with van der Waals surface area (Å²) in [7, 11) is 4.03. The van der Waals surface area contributed by atoms with Crippen LogP contribution in [0, 0.1) is 0 Å². The Balaban J connectivity index is 1.55. The summed E-state index contributed by atoms with van der Waals surface area (Å²) in [5.41, 5.74) is 3.68. The van der Waals surface area contributed by atoms with E-state index in [0.717, 1.165) is 75.7 Å². The van der Waals surface area contributed by atoms with Crippen LogP contribution in [0.2, 0.25) is 0 Å². The normalized spacial score (nSPS) is 14.7. The van der Waals surface area contributed by atoms with Crippen molar-refractivity contribution in [3.05, 3.63) is 78.8 Å². The number of carboxylic acid groups (broad SMARTS) is 1. The summed E-state index contributed by atoms with van der Waals surface area (Å²) >= 11 is 0. The van der Waals surface area contributed by atoms with E-state index < -0.39 is 5.97 Å². The van der Waals surface area contributed by atoms with Gasteiger partial charge in [0.15, 0.2) is 0 Å². The zero-order valence-corrected chi connectivity index (χ0v) is 22.7. The molecule has 9 heteroatoms. The summed E-state index contributed by atoms with van der Waals surface area (Å²) in [5, 5.41) is 15.5. The zero-order chi connectivity index (χ0) is 27.3. The number of allylic oxidation sites excluding steroid dienone is 1. The molecule has 9 nitrogen and oxygen atoms in total. The van der Waals surface area contributed by atoms with Crippen LogP contribution in [0.25, 0.3) is 0 Å². The van der Waals surface area contributed by atoms with E-state index in [0.29, 0.717) is 11.5 Å². The number of anilines is 2. The summed E-state index contributed by atoms with van der Waals surface area (Å²) < 4.78 is 0. The van der Waals surface area contributed by atoms with Crippen LogP contribution in [0.15, 0.2) is 72.6 Å². The number of nitrogens with zero attached hydrogens (tertiary/aromatic N) is 5. The van der Waals surface area contributed by atoms with Crippen LogP contribution in [-0.2, 0) is 11.3 Å². The summed E-state index contributed by atoms with van der Waals surface area (Å²) in [4.78, 5) is 26.7. The van der Waals surface area contributed by atoms with Gasteiger partial charge in [-0.2, -0.15) is 0 Å². The maximum absolute atomic E-state index is 10.9. The van der Waals surface area contributed by atoms with Gasteiger partial charge in [-0.3, -0.25) is 14.6 Å². The minimum atomic E-state index is -0.771. The van der Waals surface area contributed by atoms with Gasteiger partial charge in [-0.05, 0) is 62.3 Å². The predicted molar refractivity (Wildman–Crippen MR) is 156 cm³/mol. The van der Waals surface area contributed by atoms with Crippen molar-refractivity contribution in [2.75, 3.05) is 70.1 Å². The lowest BCUT2D eigenvalue weighted by molar-refractivity contribution is -0.138. The number of aliphatic imine (C=N–C) groups is 1. The van der Waals surface area contributed by atoms with Crippen molar-refractivity contribution < 1.29 is 9.90 Å². The van der Waals surface area contributed by atoms with Crippen molar-refractivity contribution in [1.29, 1.82) is 0 Å². The van der Waals surface area contributed by atoms with Crippen LogP contribution < -0.4 is 15.5 Å². The van der Waals surface area contributed by atoms with Crippen LogP contribution >= 0.6 is 0 Å². The van der Waals surface area contributed by atoms with E-state index in [-0.39, 0.29) is 6.54 Å². The van der Waals surface area contributed by atoms with Gasteiger partial charge in [0.05, 0.1) is 12.3 Å². The number of piperazine rings is 1. The number of unbranched alkanes of at least 4 members (excludes halogenated alkanes) is 1. The highest BCUT2D eigenvalue weighted by Gasteiger charge is 2.18. The molecule has 1 saturated heterocycles. The van der Waals surface area contributed by atoms with Gasteiger partial charge in [0.2, 0.25) is 0 Å². The summed E-state index contributed by atoms with van der Waals surface area (Å²) in [6.45, 7) is 14.2. The lowest BCUT2D eigenvalue weighted by Gasteiger charge is -2.33. The molecule has 1 aromatic carbocycles. The second kappa shape index (κ2) is 15.0. The number of hydrogen-bond donors (Lipinski definition) is 3. The van der Waals surface area contributed by atoms with Crippen molar-refractivity contribution >= 4 is 23.2 Å². The fraction of sp³-hybridized carbons (Fsp3) is 0.414. The summed E-state index contributed by atoms with van der Waals surface area (Å²) in [6.07, 6.45) is 5.78. The second-order valence-corrected chi connectivity index (χ2v) is 9.56. The van der Waals surface area contributed by atoms with Gasteiger partial charge in [0.1, 0.15) is 11.6 Å². The van der Waals surface area contributed by atoms with Crippen LogP contribution in [0.4, 0.5) is 11.5 Å². The molecule has 204 valence electrons. The average Bonchev–Trinajstić information content (AvgIpc) is 2.91. The highest BCUT2D eigenvalue weighted by Crippen LogP contribution is 2.17. The number of hydrogen-bond acceptors (Lipinski definition) is 8. The molecule has 38 heavy (non-hydrogen) atoms. The maximum atomic E-state index is 10.9. The Morgan fingerprint density at radius 1 is 1.18 bits per heavy atom. The monoisotopic (exact) mass is 519 g/mol. The second-order valence-electron chi connectivity index (χ2n) is 9.56. The van der Waals surface area contributed by atoms with Gasteiger partial charge in [-0.15, -0.1) is 0 Å². The highest BCUT2D eigenvalue weighted by atomic mass is 16.4. The third-order valence-electron chi connectivity index (χ3n) is 6.50. The first kappa shape index (κ1) is 29.0. The number of aromatic nitrogens is 1. The molecule has 0 amide bonds. The van der Waals surface area contributed by atoms with E-state index >= 15 is 0 Å². The molecule has 1 aliphatic heterocycles. The number of benzene rings is 1. The van der Waals surface area contributed by atoms with E-state index in [1.165, 1.54) is 5.56 Å². The van der Waals surface area contributed by atoms with Crippen molar-refractivity contribution in [3.63, 3.8) is 0 Å². The van der Waals surface area contributed by atoms with Gasteiger partial charge >= 0.3 is 5.97 Å². The van der Waals surface area contributed by atoms with Crippen LogP contribution in [0.5, 0.6) is 0 Å². The van der Waals surface area contributed by atoms with E-state index in [2.05, 4.69) is 62.7 Å². The third kappa shape index (κ3) is 9.41. The first-order chi connectivity index (χ1) is 18.4. The SMILES string of the molecule is C=CC(=NC(=C)Nc1cccc(CN2CCN(CC(=O)O)CC2)c1)c1ccc(N(C)CCCCNC)nc1. The van der Waals surface area contributed by atoms with Crippen molar-refractivity contribution in [1.82, 2.24) is 20.1 Å². The lowest BCUT2D eigenvalue weighted by atomic mass is 10.1. The summed E-state index contributed by atoms with van der Waals surface area (Å²) in [6, 6.07) is 12.2. The fourth-order valence-corrected chi connectivity index (χ4v) is 4.40. The Morgan fingerprint density at radius 3 is 2.61 bits per heavy atom. The van der Waals surface area contributed by atoms with E-state index in [1.54, 1.807) is 6.08 Å². The smallest absolute Gasteiger partial charge is 0.317 e. The van der Waals surface area contributed by atoms with Crippen LogP contribution in [-0.4, -0.2) is 91.5 Å². The van der Waals surface area contributed by atoms with Gasteiger partial charge in [-0.1, -0.05) is 25.3 Å². The number of aliphatic carboxylic acids is 1. The van der Waals surface area contributed by atoms with Gasteiger partial charge in [-0.25, -0.2) is 9.98 Å². The van der Waals surface area contributed by atoms with Gasteiger partial charge < -0.3 is 20.6 Å². The zero-order valence-electron chi connectivity index (χ0n) is 22.7. The molecule has 2 heterocycles. The van der Waals surface area contributed by atoms with E-state index in [9.17, 15) is 4.79 Å². The molecule has 0 unspecified atom stereocenters. The first-order valence-electron chi connectivity index (χ1n) is 13.1. The largest absolute Gasteiger partial charge is 0.480 e. The quantitative estimate of drug-likeness (QED) is 0.244. The number of pyridine rings is 1. The topological polar surface area (TPSA) is 96.3 Å². The minimum absolute atomic E-state index is 0.108.